The van der Waals surface area contributed by atoms with E-state index in [0.717, 1.165) is 36.4 Å². The molecular weight excluding hydrogens is 468 g/mol. The molecule has 0 spiro atoms. The van der Waals surface area contributed by atoms with Crippen LogP contribution in [0.15, 0.2) is 36.4 Å². The Bertz CT molecular complexity index is 913. The maximum Gasteiger partial charge on any atom is 0.229 e. The van der Waals surface area contributed by atoms with E-state index in [2.05, 4.69) is 10.6 Å². The van der Waals surface area contributed by atoms with Crippen molar-refractivity contribution in [3.63, 3.8) is 0 Å². The highest BCUT2D eigenvalue weighted by atomic mass is 32.1. The molecule has 0 saturated heterocycles. The normalized spacial score (nSPS) is 9.50. The maximum absolute atomic E-state index is 12.9. The van der Waals surface area contributed by atoms with E-state index in [4.69, 9.17) is 35.9 Å². The summed E-state index contributed by atoms with van der Waals surface area (Å²) in [5.74, 6) is -4.25. The summed E-state index contributed by atoms with van der Waals surface area (Å²) < 4.78 is 51.0. The van der Waals surface area contributed by atoms with Crippen molar-refractivity contribution in [3.8, 4) is 0 Å². The zero-order valence-electron chi connectivity index (χ0n) is 17.3. The van der Waals surface area contributed by atoms with Crippen LogP contribution in [-0.4, -0.2) is 35.9 Å². The molecule has 2 amide bonds. The van der Waals surface area contributed by atoms with Gasteiger partial charge in [-0.25, -0.2) is 17.6 Å². The lowest BCUT2D eigenvalue weighted by Crippen LogP contribution is -2.32. The van der Waals surface area contributed by atoms with Gasteiger partial charge in [-0.05, 0) is 43.3 Å². The number of hydrogen-bond acceptors (Lipinski definition) is 4. The van der Waals surface area contributed by atoms with E-state index < -0.39 is 41.0 Å². The summed E-state index contributed by atoms with van der Waals surface area (Å²) >= 11 is 9.50. The fourth-order valence-corrected chi connectivity index (χ4v) is 2.07. The van der Waals surface area contributed by atoms with E-state index in [0.29, 0.717) is 0 Å². The standard InChI is InChI=1S/2C8H7F2NS.C4H8N2O2/c2*1-11-8(12)6-4-5(9)2-3-7(6)10;1-2(3(5)7)4(6)8/h2*2-4H,1H3,(H,11,12);2H,1H3,(H2,5,7)(H2,6,8). The molecule has 0 aliphatic rings. The van der Waals surface area contributed by atoms with E-state index in [1.54, 1.807) is 14.1 Å². The molecule has 174 valence electrons. The molecule has 0 fully saturated rings. The molecule has 0 heterocycles. The Balaban J connectivity index is 0.000000462. The van der Waals surface area contributed by atoms with Crippen molar-refractivity contribution in [1.29, 1.82) is 0 Å². The van der Waals surface area contributed by atoms with Gasteiger partial charge in [0.15, 0.2) is 0 Å². The van der Waals surface area contributed by atoms with Gasteiger partial charge in [0.05, 0.1) is 0 Å². The lowest BCUT2D eigenvalue weighted by atomic mass is 10.2. The third-order valence-corrected chi connectivity index (χ3v) is 4.50. The molecule has 0 bridgehead atoms. The van der Waals surface area contributed by atoms with Crippen LogP contribution in [0.2, 0.25) is 0 Å². The van der Waals surface area contributed by atoms with Crippen LogP contribution in [0, 0.1) is 29.2 Å². The number of primary amides is 2. The molecular formula is C20H22F4N4O2S2. The van der Waals surface area contributed by atoms with E-state index in [1.165, 1.54) is 6.92 Å². The number of amides is 2. The molecule has 0 radical (unpaired) electrons. The zero-order chi connectivity index (χ0) is 25.0. The van der Waals surface area contributed by atoms with Crippen LogP contribution >= 0.6 is 24.4 Å². The Labute approximate surface area is 193 Å². The third-order valence-electron chi connectivity index (χ3n) is 3.65. The number of benzene rings is 2. The summed E-state index contributed by atoms with van der Waals surface area (Å²) in [6.07, 6.45) is 0. The number of thiocarbonyl (C=S) groups is 2. The van der Waals surface area contributed by atoms with Crippen molar-refractivity contribution in [2.75, 3.05) is 14.1 Å². The minimum atomic E-state index is -0.852. The number of halogens is 4. The van der Waals surface area contributed by atoms with Crippen molar-refractivity contribution in [1.82, 2.24) is 10.6 Å². The predicted molar refractivity (Wildman–Crippen MR) is 122 cm³/mol. The van der Waals surface area contributed by atoms with Crippen LogP contribution < -0.4 is 22.1 Å². The van der Waals surface area contributed by atoms with Crippen LogP contribution in [0.3, 0.4) is 0 Å². The Kier molecular flexibility index (Phi) is 12.7. The molecule has 12 heteroatoms. The average Bonchev–Trinajstić information content (AvgIpc) is 2.76. The molecule has 0 aromatic heterocycles. The van der Waals surface area contributed by atoms with E-state index in [-0.39, 0.29) is 21.1 Å². The second-order valence-electron chi connectivity index (χ2n) is 5.93. The van der Waals surface area contributed by atoms with Gasteiger partial charge < -0.3 is 22.1 Å². The Morgan fingerprint density at radius 3 is 1.31 bits per heavy atom. The minimum absolute atomic E-state index is 0.0903. The van der Waals surface area contributed by atoms with Crippen molar-refractivity contribution >= 4 is 46.2 Å². The molecule has 6 nitrogen and oxygen atoms in total. The van der Waals surface area contributed by atoms with Gasteiger partial charge in [-0.15, -0.1) is 0 Å². The summed E-state index contributed by atoms with van der Waals surface area (Å²) in [5, 5.41) is 5.15. The fourth-order valence-electron chi connectivity index (χ4n) is 1.75. The van der Waals surface area contributed by atoms with Crippen LogP contribution in [0.25, 0.3) is 0 Å². The van der Waals surface area contributed by atoms with E-state index >= 15 is 0 Å². The number of carbonyl (C=O) groups is 2. The molecule has 0 unspecified atom stereocenters. The smallest absolute Gasteiger partial charge is 0.229 e. The van der Waals surface area contributed by atoms with Crippen LogP contribution in [-0.2, 0) is 9.59 Å². The Hall–Kier alpha value is -3.12. The summed E-state index contributed by atoms with van der Waals surface area (Å²) in [6.45, 7) is 1.37. The van der Waals surface area contributed by atoms with Crippen LogP contribution in [0.1, 0.15) is 18.1 Å². The molecule has 0 aliphatic heterocycles. The van der Waals surface area contributed by atoms with Gasteiger partial charge in [0.1, 0.15) is 39.2 Å². The number of nitrogens with one attached hydrogen (secondary N) is 2. The average molecular weight is 491 g/mol. The van der Waals surface area contributed by atoms with Gasteiger partial charge >= 0.3 is 0 Å². The Morgan fingerprint density at radius 1 is 0.781 bits per heavy atom. The van der Waals surface area contributed by atoms with Crippen LogP contribution in [0.5, 0.6) is 0 Å². The van der Waals surface area contributed by atoms with Gasteiger partial charge in [-0.1, -0.05) is 24.4 Å². The third kappa shape index (κ3) is 9.79. The number of nitrogens with two attached hydrogens (primary N) is 2. The van der Waals surface area contributed by atoms with E-state index in [1.807, 2.05) is 0 Å². The second kappa shape index (κ2) is 14.0. The summed E-state index contributed by atoms with van der Waals surface area (Å²) in [6, 6.07) is 6.33. The van der Waals surface area contributed by atoms with E-state index in [9.17, 15) is 27.2 Å². The summed E-state index contributed by atoms with van der Waals surface area (Å²) in [7, 11) is 3.12. The second-order valence-corrected chi connectivity index (χ2v) is 6.75. The monoisotopic (exact) mass is 490 g/mol. The van der Waals surface area contributed by atoms with Crippen molar-refractivity contribution in [3.05, 3.63) is 70.8 Å². The van der Waals surface area contributed by atoms with Crippen LogP contribution in [0.4, 0.5) is 17.6 Å². The summed E-state index contributed by atoms with van der Waals surface area (Å²) in [5.41, 5.74) is 9.57. The molecule has 0 aliphatic carbocycles. The van der Waals surface area contributed by atoms with Crippen molar-refractivity contribution < 1.29 is 27.2 Å². The molecule has 2 aromatic rings. The SMILES string of the molecule is CC(C(N)=O)C(N)=O.CNC(=S)c1cc(F)ccc1F.CNC(=S)c1cc(F)ccc1F. The fraction of sp³-hybridized carbons (Fsp3) is 0.200. The van der Waals surface area contributed by atoms with Gasteiger partial charge in [-0.2, -0.15) is 0 Å². The Morgan fingerprint density at radius 2 is 1.09 bits per heavy atom. The quantitative estimate of drug-likeness (QED) is 0.298. The van der Waals surface area contributed by atoms with Crippen molar-refractivity contribution in [2.45, 2.75) is 6.92 Å². The molecule has 2 rings (SSSR count). The van der Waals surface area contributed by atoms with Gasteiger partial charge in [0.2, 0.25) is 11.8 Å². The van der Waals surface area contributed by atoms with Gasteiger partial charge in [-0.3, -0.25) is 9.59 Å². The first-order valence-corrected chi connectivity index (χ1v) is 9.60. The molecule has 0 saturated carbocycles. The molecule has 2 aromatic carbocycles. The summed E-state index contributed by atoms with van der Waals surface area (Å²) in [4.78, 5) is 20.5. The highest BCUT2D eigenvalue weighted by Crippen LogP contribution is 2.10. The number of carbonyl (C=O) groups excluding carboxylic acids is 2. The first kappa shape index (κ1) is 28.9. The maximum atomic E-state index is 12.9. The predicted octanol–water partition coefficient (Wildman–Crippen LogP) is 2.31. The van der Waals surface area contributed by atoms with Gasteiger partial charge in [0.25, 0.3) is 0 Å². The van der Waals surface area contributed by atoms with Crippen molar-refractivity contribution in [2.24, 2.45) is 17.4 Å². The number of hydrogen-bond donors (Lipinski definition) is 4. The molecule has 0 atom stereocenters. The first-order chi connectivity index (χ1) is 14.8. The highest BCUT2D eigenvalue weighted by Gasteiger charge is 2.13. The first-order valence-electron chi connectivity index (χ1n) is 8.78. The largest absolute Gasteiger partial charge is 0.379 e. The highest BCUT2D eigenvalue weighted by molar-refractivity contribution is 7.81. The molecule has 6 N–H and O–H groups in total. The lowest BCUT2D eigenvalue weighted by Gasteiger charge is -2.03. The zero-order valence-corrected chi connectivity index (χ0v) is 19.0. The van der Waals surface area contributed by atoms with Gasteiger partial charge in [0, 0.05) is 25.2 Å². The topological polar surface area (TPSA) is 110 Å². The minimum Gasteiger partial charge on any atom is -0.379 e. The number of rotatable bonds is 4. The molecule has 32 heavy (non-hydrogen) atoms. The lowest BCUT2D eigenvalue weighted by molar-refractivity contribution is -0.130.